The Morgan fingerprint density at radius 2 is 1.80 bits per heavy atom. The van der Waals surface area contributed by atoms with Crippen molar-refractivity contribution in [1.82, 2.24) is 16.1 Å². The number of hydrazone groups is 1. The second-order valence-corrected chi connectivity index (χ2v) is 10.4. The lowest BCUT2D eigenvalue weighted by Crippen LogP contribution is -2.45. The minimum absolute atomic E-state index is 0.233. The number of nitrogens with one attached hydrogen (secondary N) is 3. The van der Waals surface area contributed by atoms with E-state index in [2.05, 4.69) is 43.8 Å². The number of halogens is 1. The van der Waals surface area contributed by atoms with Crippen molar-refractivity contribution in [3.05, 3.63) is 104 Å². The van der Waals surface area contributed by atoms with Crippen LogP contribution in [0.2, 0.25) is 0 Å². The van der Waals surface area contributed by atoms with Gasteiger partial charge in [-0.3, -0.25) is 4.79 Å². The highest BCUT2D eigenvalue weighted by atomic mass is 127. The number of allylic oxidation sites excluding steroid dienone is 1. The molecule has 0 aromatic heterocycles. The zero-order chi connectivity index (χ0) is 29.2. The van der Waals surface area contributed by atoms with E-state index in [1.807, 2.05) is 54.6 Å². The third-order valence-corrected chi connectivity index (χ3v) is 7.01. The first-order valence-corrected chi connectivity index (χ1v) is 14.3. The van der Waals surface area contributed by atoms with Crippen molar-refractivity contribution in [2.24, 2.45) is 5.10 Å². The summed E-state index contributed by atoms with van der Waals surface area (Å²) in [6.45, 7) is 3.92. The molecule has 0 radical (unpaired) electrons. The lowest BCUT2D eigenvalue weighted by Gasteiger charge is -2.30. The van der Waals surface area contributed by atoms with Crippen LogP contribution in [0.1, 0.15) is 36.6 Å². The molecule has 0 saturated heterocycles. The summed E-state index contributed by atoms with van der Waals surface area (Å²) in [7, 11) is 0. The predicted octanol–water partition coefficient (Wildman–Crippen LogP) is 4.76. The Labute approximate surface area is 257 Å². The molecule has 0 saturated carbocycles. The maximum absolute atomic E-state index is 12.7. The molecule has 1 heterocycles. The van der Waals surface area contributed by atoms with E-state index in [1.54, 1.807) is 38.3 Å². The Balaban J connectivity index is 1.35. The first-order chi connectivity index (χ1) is 19.9. The first-order valence-electron chi connectivity index (χ1n) is 12.8. The van der Waals surface area contributed by atoms with E-state index in [0.29, 0.717) is 34.3 Å². The van der Waals surface area contributed by atoms with Crippen LogP contribution in [0.3, 0.4) is 0 Å². The van der Waals surface area contributed by atoms with Crippen molar-refractivity contribution in [2.45, 2.75) is 26.5 Å². The van der Waals surface area contributed by atoms with E-state index in [0.717, 1.165) is 20.4 Å². The number of nitrogens with zero attached hydrogens (tertiary/aromatic N) is 1. The van der Waals surface area contributed by atoms with Crippen LogP contribution in [-0.2, 0) is 20.9 Å². The van der Waals surface area contributed by atoms with Crippen LogP contribution < -0.4 is 25.5 Å². The Morgan fingerprint density at radius 1 is 1.05 bits per heavy atom. The molecule has 41 heavy (non-hydrogen) atoms. The molecular formula is C30H29IN4O5S. The molecule has 0 unspecified atom stereocenters. The van der Waals surface area contributed by atoms with Gasteiger partial charge in [-0.05, 0) is 84.0 Å². The van der Waals surface area contributed by atoms with E-state index in [4.69, 9.17) is 26.4 Å². The van der Waals surface area contributed by atoms with Crippen molar-refractivity contribution in [2.75, 3.05) is 13.2 Å². The van der Waals surface area contributed by atoms with E-state index >= 15 is 0 Å². The first kappa shape index (κ1) is 30.0. The normalized spacial score (nSPS) is 14.7. The smallest absolute Gasteiger partial charge is 0.338 e. The molecule has 4 rings (SSSR count). The topological polar surface area (TPSA) is 110 Å². The molecule has 0 aliphatic carbocycles. The van der Waals surface area contributed by atoms with Gasteiger partial charge in [0.25, 0.3) is 5.91 Å². The van der Waals surface area contributed by atoms with Crippen LogP contribution in [-0.4, -0.2) is 36.4 Å². The SMILES string of the molecule is CCOC(=O)C1=C(C)NC(=S)N[C@@H]1c1ccccc1OCC(=O)NN=Cc1ccc(OCc2ccccc2)c(I)c1. The highest BCUT2D eigenvalue weighted by Crippen LogP contribution is 2.33. The summed E-state index contributed by atoms with van der Waals surface area (Å²) in [6.07, 6.45) is 1.55. The van der Waals surface area contributed by atoms with Crippen molar-refractivity contribution in [3.8, 4) is 11.5 Å². The van der Waals surface area contributed by atoms with Crippen LogP contribution in [0.4, 0.5) is 0 Å². The van der Waals surface area contributed by atoms with Gasteiger partial charge in [-0.15, -0.1) is 0 Å². The molecule has 0 spiro atoms. The van der Waals surface area contributed by atoms with Crippen LogP contribution in [0.5, 0.6) is 11.5 Å². The van der Waals surface area contributed by atoms with Gasteiger partial charge >= 0.3 is 5.97 Å². The molecule has 9 nitrogen and oxygen atoms in total. The summed E-state index contributed by atoms with van der Waals surface area (Å²) in [5.74, 6) is 0.274. The highest BCUT2D eigenvalue weighted by molar-refractivity contribution is 14.1. The van der Waals surface area contributed by atoms with Gasteiger partial charge in [-0.25, -0.2) is 10.2 Å². The molecular weight excluding hydrogens is 655 g/mol. The third-order valence-electron chi connectivity index (χ3n) is 5.95. The number of rotatable bonds is 11. The van der Waals surface area contributed by atoms with Gasteiger partial charge in [0.05, 0.1) is 28.0 Å². The summed E-state index contributed by atoms with van der Waals surface area (Å²) < 4.78 is 17.9. The molecule has 1 aliphatic heterocycles. The van der Waals surface area contributed by atoms with E-state index in [1.165, 1.54) is 0 Å². The molecule has 1 amide bonds. The molecule has 1 aliphatic rings. The van der Waals surface area contributed by atoms with Gasteiger partial charge in [0.15, 0.2) is 11.7 Å². The Morgan fingerprint density at radius 3 is 2.56 bits per heavy atom. The molecule has 3 N–H and O–H groups in total. The molecule has 11 heteroatoms. The summed E-state index contributed by atoms with van der Waals surface area (Å²) in [4.78, 5) is 25.2. The number of para-hydroxylation sites is 1. The number of benzene rings is 3. The van der Waals surface area contributed by atoms with Crippen LogP contribution >= 0.6 is 34.8 Å². The number of amides is 1. The Bertz CT molecular complexity index is 1480. The molecule has 1 atom stereocenters. The van der Waals surface area contributed by atoms with E-state index < -0.39 is 17.9 Å². The fourth-order valence-electron chi connectivity index (χ4n) is 4.06. The van der Waals surface area contributed by atoms with E-state index in [9.17, 15) is 9.59 Å². The average molecular weight is 685 g/mol. The van der Waals surface area contributed by atoms with Crippen molar-refractivity contribution >= 4 is 58.0 Å². The van der Waals surface area contributed by atoms with Crippen molar-refractivity contribution in [1.29, 1.82) is 0 Å². The minimum Gasteiger partial charge on any atom is -0.488 e. The average Bonchev–Trinajstić information content (AvgIpc) is 2.96. The number of thiocarbonyl (C=S) groups is 1. The molecule has 0 bridgehead atoms. The maximum atomic E-state index is 12.7. The number of hydrogen-bond donors (Lipinski definition) is 3. The molecule has 212 valence electrons. The summed E-state index contributed by atoms with van der Waals surface area (Å²) in [6, 6.07) is 22.1. The van der Waals surface area contributed by atoms with Gasteiger partial charge in [0.1, 0.15) is 18.1 Å². The quantitative estimate of drug-likeness (QED) is 0.0874. The summed E-state index contributed by atoms with van der Waals surface area (Å²) >= 11 is 7.52. The van der Waals surface area contributed by atoms with Crippen LogP contribution in [0.25, 0.3) is 0 Å². The van der Waals surface area contributed by atoms with Crippen LogP contribution in [0, 0.1) is 3.57 Å². The van der Waals surface area contributed by atoms with Crippen molar-refractivity contribution in [3.63, 3.8) is 0 Å². The summed E-state index contributed by atoms with van der Waals surface area (Å²) in [5.41, 5.74) is 5.98. The van der Waals surface area contributed by atoms with Gasteiger partial charge in [0, 0.05) is 11.3 Å². The minimum atomic E-state index is -0.609. The number of carbonyl (C=O) groups is 2. The second-order valence-electron chi connectivity index (χ2n) is 8.87. The Kier molecular flexibility index (Phi) is 10.7. The zero-order valence-electron chi connectivity index (χ0n) is 22.5. The number of hydrogen-bond acceptors (Lipinski definition) is 7. The molecule has 3 aromatic carbocycles. The standard InChI is InChI=1S/C30H29IN4O5S/c1-3-38-29(37)27-19(2)33-30(41)34-28(27)22-11-7-8-12-24(22)40-18-26(36)35-32-16-21-13-14-25(23(31)15-21)39-17-20-9-5-4-6-10-20/h4-16,28H,3,17-18H2,1-2H3,(H,35,36)(H2,33,34,41)/t28-/m1/s1. The summed E-state index contributed by atoms with van der Waals surface area (Å²) in [5, 5.41) is 10.5. The third kappa shape index (κ3) is 8.27. The van der Waals surface area contributed by atoms with Gasteiger partial charge < -0.3 is 24.8 Å². The fraction of sp³-hybridized carbons (Fsp3) is 0.200. The molecule has 0 fully saturated rings. The fourth-order valence-corrected chi connectivity index (χ4v) is 5.03. The lowest BCUT2D eigenvalue weighted by atomic mass is 9.95. The van der Waals surface area contributed by atoms with Crippen molar-refractivity contribution < 1.29 is 23.8 Å². The molecule has 3 aromatic rings. The van der Waals surface area contributed by atoms with E-state index in [-0.39, 0.29) is 13.2 Å². The lowest BCUT2D eigenvalue weighted by molar-refractivity contribution is -0.139. The number of esters is 1. The van der Waals surface area contributed by atoms with Gasteiger partial charge in [-0.1, -0.05) is 48.5 Å². The number of carbonyl (C=O) groups excluding carboxylic acids is 2. The predicted molar refractivity (Wildman–Crippen MR) is 169 cm³/mol. The van der Waals surface area contributed by atoms with Gasteiger partial charge in [-0.2, -0.15) is 5.10 Å². The van der Waals surface area contributed by atoms with Crippen LogP contribution in [0.15, 0.2) is 89.2 Å². The highest BCUT2D eigenvalue weighted by Gasteiger charge is 2.32. The monoisotopic (exact) mass is 684 g/mol. The number of ether oxygens (including phenoxy) is 3. The van der Waals surface area contributed by atoms with Gasteiger partial charge in [0.2, 0.25) is 0 Å². The zero-order valence-corrected chi connectivity index (χ0v) is 25.5. The maximum Gasteiger partial charge on any atom is 0.338 e. The Hall–Kier alpha value is -3.97. The second kappa shape index (κ2) is 14.6. The largest absolute Gasteiger partial charge is 0.488 e.